The van der Waals surface area contributed by atoms with Crippen LogP contribution in [-0.4, -0.2) is 33.6 Å². The van der Waals surface area contributed by atoms with Crippen molar-refractivity contribution in [1.82, 2.24) is 9.55 Å². The van der Waals surface area contributed by atoms with Gasteiger partial charge in [-0.3, -0.25) is 4.57 Å². The molecular formula is C11H19N5O2. The Morgan fingerprint density at radius 2 is 2.17 bits per heavy atom. The van der Waals surface area contributed by atoms with Crippen molar-refractivity contribution in [2.24, 2.45) is 18.7 Å². The summed E-state index contributed by atoms with van der Waals surface area (Å²) in [4.78, 5) is 16.4. The smallest absolute Gasteiger partial charge is 0.358 e. The van der Waals surface area contributed by atoms with Crippen LogP contribution in [0.1, 0.15) is 19.8 Å². The second-order valence-electron chi connectivity index (χ2n) is 4.94. The van der Waals surface area contributed by atoms with Gasteiger partial charge in [0.2, 0.25) is 12.1 Å². The van der Waals surface area contributed by atoms with E-state index in [0.717, 1.165) is 25.9 Å². The molecule has 2 N–H and O–H groups in total. The van der Waals surface area contributed by atoms with Crippen LogP contribution in [0.25, 0.3) is 0 Å². The first kappa shape index (κ1) is 12.8. The van der Waals surface area contributed by atoms with Gasteiger partial charge < -0.3 is 20.7 Å². The minimum Gasteiger partial charge on any atom is -0.358 e. The number of anilines is 1. The molecule has 0 aromatic carbocycles. The number of nitrogens with zero attached hydrogens (tertiary/aromatic N) is 4. The summed E-state index contributed by atoms with van der Waals surface area (Å²) >= 11 is 0. The van der Waals surface area contributed by atoms with Crippen LogP contribution in [0.3, 0.4) is 0 Å². The summed E-state index contributed by atoms with van der Waals surface area (Å²) in [5.74, 6) is 1.05. The number of piperidine rings is 1. The maximum Gasteiger partial charge on any atom is 0.406 e. The van der Waals surface area contributed by atoms with E-state index in [0.29, 0.717) is 11.7 Å². The van der Waals surface area contributed by atoms with Crippen molar-refractivity contribution < 1.29 is 4.92 Å². The van der Waals surface area contributed by atoms with E-state index >= 15 is 0 Å². The molecule has 1 unspecified atom stereocenters. The Kier molecular flexibility index (Phi) is 3.51. The van der Waals surface area contributed by atoms with Crippen molar-refractivity contribution in [3.63, 3.8) is 0 Å². The van der Waals surface area contributed by atoms with Gasteiger partial charge in [0, 0.05) is 26.2 Å². The van der Waals surface area contributed by atoms with Crippen LogP contribution in [0, 0.1) is 16.0 Å². The van der Waals surface area contributed by atoms with Gasteiger partial charge in [0.05, 0.1) is 0 Å². The molecule has 0 bridgehead atoms. The van der Waals surface area contributed by atoms with Gasteiger partial charge in [0.1, 0.15) is 0 Å². The Morgan fingerprint density at radius 3 is 2.67 bits per heavy atom. The lowest BCUT2D eigenvalue weighted by atomic mass is 9.91. The van der Waals surface area contributed by atoms with Gasteiger partial charge in [-0.25, -0.2) is 0 Å². The third kappa shape index (κ3) is 2.31. The Labute approximate surface area is 106 Å². The Hall–Kier alpha value is -1.63. The topological polar surface area (TPSA) is 90.2 Å². The van der Waals surface area contributed by atoms with Crippen LogP contribution >= 0.6 is 0 Å². The SMILES string of the molecule is CC(N)C1CCN(c2c([N+](=O)[O-])ncn2C)CC1. The maximum atomic E-state index is 10.9. The van der Waals surface area contributed by atoms with Gasteiger partial charge in [0.25, 0.3) is 0 Å². The molecule has 2 rings (SSSR count). The second kappa shape index (κ2) is 4.93. The molecule has 7 nitrogen and oxygen atoms in total. The molecular weight excluding hydrogens is 234 g/mol. The summed E-state index contributed by atoms with van der Waals surface area (Å²) in [6, 6.07) is 0.189. The molecule has 0 aliphatic carbocycles. The van der Waals surface area contributed by atoms with E-state index in [4.69, 9.17) is 5.73 Å². The Balaban J connectivity index is 2.14. The minimum absolute atomic E-state index is 0.0586. The largest absolute Gasteiger partial charge is 0.406 e. The molecule has 1 aromatic heterocycles. The van der Waals surface area contributed by atoms with Crippen LogP contribution in [0.2, 0.25) is 0 Å². The predicted octanol–water partition coefficient (Wildman–Crippen LogP) is 0.892. The third-order valence-electron chi connectivity index (χ3n) is 3.64. The third-order valence-corrected chi connectivity index (χ3v) is 3.64. The molecule has 1 atom stereocenters. The number of aromatic nitrogens is 2. The lowest BCUT2D eigenvalue weighted by Gasteiger charge is -2.34. The van der Waals surface area contributed by atoms with Crippen LogP contribution in [0.4, 0.5) is 11.6 Å². The fraction of sp³-hybridized carbons (Fsp3) is 0.727. The summed E-state index contributed by atoms with van der Waals surface area (Å²) in [7, 11) is 1.78. The number of nitro groups is 1. The zero-order valence-electron chi connectivity index (χ0n) is 10.7. The first-order valence-electron chi connectivity index (χ1n) is 6.17. The average Bonchev–Trinajstić information content (AvgIpc) is 2.71. The molecule has 18 heavy (non-hydrogen) atoms. The molecule has 0 spiro atoms. The van der Waals surface area contributed by atoms with Crippen LogP contribution < -0.4 is 10.6 Å². The zero-order chi connectivity index (χ0) is 13.3. The fourth-order valence-corrected chi connectivity index (χ4v) is 2.54. The molecule has 1 aliphatic rings. The van der Waals surface area contributed by atoms with Gasteiger partial charge in [0.15, 0.2) is 0 Å². The molecule has 1 aromatic rings. The van der Waals surface area contributed by atoms with E-state index in [1.807, 2.05) is 11.8 Å². The molecule has 0 radical (unpaired) electrons. The monoisotopic (exact) mass is 253 g/mol. The number of rotatable bonds is 3. The molecule has 100 valence electrons. The van der Waals surface area contributed by atoms with E-state index in [9.17, 15) is 10.1 Å². The number of nitrogens with two attached hydrogens (primary N) is 1. The first-order valence-corrected chi connectivity index (χ1v) is 6.17. The van der Waals surface area contributed by atoms with E-state index in [-0.39, 0.29) is 11.9 Å². The van der Waals surface area contributed by atoms with Gasteiger partial charge in [-0.05, 0) is 35.6 Å². The lowest BCUT2D eigenvalue weighted by Crippen LogP contribution is -2.40. The van der Waals surface area contributed by atoms with E-state index < -0.39 is 4.92 Å². The van der Waals surface area contributed by atoms with Gasteiger partial charge in [-0.1, -0.05) is 0 Å². The van der Waals surface area contributed by atoms with Crippen LogP contribution in [0.5, 0.6) is 0 Å². The number of imidazole rings is 1. The maximum absolute atomic E-state index is 10.9. The number of hydrogen-bond acceptors (Lipinski definition) is 5. The molecule has 0 amide bonds. The zero-order valence-corrected chi connectivity index (χ0v) is 10.7. The first-order chi connectivity index (χ1) is 8.50. The van der Waals surface area contributed by atoms with Crippen LogP contribution in [0.15, 0.2) is 6.33 Å². The van der Waals surface area contributed by atoms with E-state index in [1.54, 1.807) is 11.6 Å². The van der Waals surface area contributed by atoms with Gasteiger partial charge in [-0.15, -0.1) is 0 Å². The molecule has 1 fully saturated rings. The van der Waals surface area contributed by atoms with Crippen molar-refractivity contribution >= 4 is 11.6 Å². The summed E-state index contributed by atoms with van der Waals surface area (Å²) < 4.78 is 1.71. The second-order valence-corrected chi connectivity index (χ2v) is 4.94. The molecule has 7 heteroatoms. The number of hydrogen-bond donors (Lipinski definition) is 1. The molecule has 1 saturated heterocycles. The van der Waals surface area contributed by atoms with Crippen molar-refractivity contribution in [3.05, 3.63) is 16.4 Å². The minimum atomic E-state index is -0.424. The molecule has 1 aliphatic heterocycles. The summed E-state index contributed by atoms with van der Waals surface area (Å²) in [6.07, 6.45) is 3.44. The quantitative estimate of drug-likeness (QED) is 0.638. The highest BCUT2D eigenvalue weighted by Crippen LogP contribution is 2.30. The normalized spacial score (nSPS) is 18.9. The Bertz CT molecular complexity index is 435. The Morgan fingerprint density at radius 1 is 1.56 bits per heavy atom. The summed E-state index contributed by atoms with van der Waals surface area (Å²) in [6.45, 7) is 3.62. The molecule has 2 heterocycles. The van der Waals surface area contributed by atoms with Gasteiger partial charge in [-0.2, -0.15) is 0 Å². The number of aryl methyl sites for hydroxylation is 1. The lowest BCUT2D eigenvalue weighted by molar-refractivity contribution is -0.388. The highest BCUT2D eigenvalue weighted by atomic mass is 16.6. The van der Waals surface area contributed by atoms with Crippen molar-refractivity contribution in [2.75, 3.05) is 18.0 Å². The van der Waals surface area contributed by atoms with E-state index in [2.05, 4.69) is 4.98 Å². The van der Waals surface area contributed by atoms with E-state index in [1.165, 1.54) is 6.33 Å². The van der Waals surface area contributed by atoms with Crippen LogP contribution in [-0.2, 0) is 7.05 Å². The highest BCUT2D eigenvalue weighted by molar-refractivity contribution is 5.54. The summed E-state index contributed by atoms with van der Waals surface area (Å²) in [5, 5.41) is 10.9. The van der Waals surface area contributed by atoms with Crippen molar-refractivity contribution in [1.29, 1.82) is 0 Å². The average molecular weight is 253 g/mol. The van der Waals surface area contributed by atoms with Gasteiger partial charge >= 0.3 is 5.82 Å². The highest BCUT2D eigenvalue weighted by Gasteiger charge is 2.29. The fourth-order valence-electron chi connectivity index (χ4n) is 2.54. The molecule has 0 saturated carbocycles. The summed E-state index contributed by atoms with van der Waals surface area (Å²) in [5.41, 5.74) is 5.89. The predicted molar refractivity (Wildman–Crippen MR) is 68.4 cm³/mol. The van der Waals surface area contributed by atoms with Crippen molar-refractivity contribution in [3.8, 4) is 0 Å². The van der Waals surface area contributed by atoms with Crippen molar-refractivity contribution in [2.45, 2.75) is 25.8 Å². The standard InChI is InChI=1S/C11H19N5O2/c1-8(12)9-3-5-15(6-4-9)11-10(16(17)18)13-7-14(11)2/h7-9H,3-6,12H2,1-2H3.